The number of allylic oxidation sites excluding steroid dienone is 1. The van der Waals surface area contributed by atoms with Crippen molar-refractivity contribution in [1.82, 2.24) is 19.7 Å². The Bertz CT molecular complexity index is 759. The Morgan fingerprint density at radius 2 is 2.00 bits per heavy atom. The molecule has 2 aromatic rings. The molecule has 6 heteroatoms. The van der Waals surface area contributed by atoms with Crippen molar-refractivity contribution in [1.29, 1.82) is 0 Å². The molecule has 118 valence electrons. The van der Waals surface area contributed by atoms with Crippen LogP contribution in [0.15, 0.2) is 48.7 Å². The molecule has 0 radical (unpaired) electrons. The van der Waals surface area contributed by atoms with Gasteiger partial charge in [-0.3, -0.25) is 9.59 Å². The Hall–Kier alpha value is -2.76. The van der Waals surface area contributed by atoms with Crippen molar-refractivity contribution in [2.75, 3.05) is 14.1 Å². The Morgan fingerprint density at radius 1 is 1.26 bits per heavy atom. The van der Waals surface area contributed by atoms with Gasteiger partial charge in [-0.25, -0.2) is 9.67 Å². The minimum absolute atomic E-state index is 0.0105. The SMILES string of the molecule is CN(C)C=C(C(=O)c1ccccc1-n1cncn1)C(=O)C1CC1. The van der Waals surface area contributed by atoms with Gasteiger partial charge in [-0.1, -0.05) is 12.1 Å². The maximum absolute atomic E-state index is 13.0. The van der Waals surface area contributed by atoms with Crippen molar-refractivity contribution >= 4 is 11.6 Å². The third kappa shape index (κ3) is 3.21. The number of hydrogen-bond acceptors (Lipinski definition) is 5. The summed E-state index contributed by atoms with van der Waals surface area (Å²) in [5.41, 5.74) is 1.29. The average molecular weight is 310 g/mol. The largest absolute Gasteiger partial charge is 0.383 e. The Balaban J connectivity index is 2.03. The molecule has 0 unspecified atom stereocenters. The highest BCUT2D eigenvalue weighted by Gasteiger charge is 2.35. The highest BCUT2D eigenvalue weighted by Crippen LogP contribution is 2.33. The number of aromatic nitrogens is 3. The topological polar surface area (TPSA) is 68.1 Å². The van der Waals surface area contributed by atoms with Gasteiger partial charge in [-0.05, 0) is 25.0 Å². The van der Waals surface area contributed by atoms with Crippen molar-refractivity contribution in [3.63, 3.8) is 0 Å². The van der Waals surface area contributed by atoms with E-state index < -0.39 is 0 Å². The molecule has 0 amide bonds. The lowest BCUT2D eigenvalue weighted by atomic mass is 9.97. The van der Waals surface area contributed by atoms with Crippen molar-refractivity contribution in [2.24, 2.45) is 5.92 Å². The zero-order valence-corrected chi connectivity index (χ0v) is 13.1. The van der Waals surface area contributed by atoms with E-state index >= 15 is 0 Å². The first-order valence-electron chi connectivity index (χ1n) is 7.49. The molecule has 1 fully saturated rings. The zero-order chi connectivity index (χ0) is 16.4. The van der Waals surface area contributed by atoms with Crippen LogP contribution in [0.3, 0.4) is 0 Å². The standard InChI is InChI=1S/C17H18N4O2/c1-20(2)9-14(16(22)12-7-8-12)17(23)13-5-3-4-6-15(13)21-11-18-10-19-21/h3-6,9-12H,7-8H2,1-2H3. The third-order valence-corrected chi connectivity index (χ3v) is 3.66. The van der Waals surface area contributed by atoms with Crippen LogP contribution >= 0.6 is 0 Å². The van der Waals surface area contributed by atoms with E-state index in [0.717, 1.165) is 12.8 Å². The van der Waals surface area contributed by atoms with Gasteiger partial charge in [0, 0.05) is 31.8 Å². The fourth-order valence-electron chi connectivity index (χ4n) is 2.40. The molecule has 0 atom stereocenters. The summed E-state index contributed by atoms with van der Waals surface area (Å²) in [5.74, 6) is -0.359. The van der Waals surface area contributed by atoms with Gasteiger partial charge < -0.3 is 4.90 Å². The Labute approximate surface area is 134 Å². The number of Topliss-reactive ketones (excluding diaryl/α,β-unsaturated/α-hetero) is 2. The van der Waals surface area contributed by atoms with E-state index in [1.54, 1.807) is 43.4 Å². The van der Waals surface area contributed by atoms with Crippen LogP contribution in [0.1, 0.15) is 23.2 Å². The summed E-state index contributed by atoms with van der Waals surface area (Å²) in [6, 6.07) is 7.11. The monoisotopic (exact) mass is 310 g/mol. The first-order chi connectivity index (χ1) is 11.1. The molecule has 0 saturated heterocycles. The smallest absolute Gasteiger partial charge is 0.200 e. The molecule has 1 aromatic carbocycles. The van der Waals surface area contributed by atoms with Crippen molar-refractivity contribution in [3.8, 4) is 5.69 Å². The number of rotatable bonds is 6. The molecule has 1 saturated carbocycles. The highest BCUT2D eigenvalue weighted by atomic mass is 16.1. The average Bonchev–Trinajstić information content (AvgIpc) is 3.26. The maximum Gasteiger partial charge on any atom is 0.200 e. The quantitative estimate of drug-likeness (QED) is 0.353. The van der Waals surface area contributed by atoms with E-state index in [9.17, 15) is 9.59 Å². The normalized spacial score (nSPS) is 14.6. The molecular weight excluding hydrogens is 292 g/mol. The number of carbonyl (C=O) groups excluding carboxylic acids is 2. The number of benzene rings is 1. The Morgan fingerprint density at radius 3 is 2.61 bits per heavy atom. The molecule has 1 heterocycles. The van der Waals surface area contributed by atoms with E-state index in [1.165, 1.54) is 17.3 Å². The predicted octanol–water partition coefficient (Wildman–Crippen LogP) is 1.87. The van der Waals surface area contributed by atoms with E-state index in [1.807, 2.05) is 6.07 Å². The minimum atomic E-state index is -0.276. The van der Waals surface area contributed by atoms with Gasteiger partial charge in [0.1, 0.15) is 12.7 Å². The molecule has 3 rings (SSSR count). The van der Waals surface area contributed by atoms with E-state index in [2.05, 4.69) is 10.1 Å². The molecule has 1 aromatic heterocycles. The summed E-state index contributed by atoms with van der Waals surface area (Å²) in [7, 11) is 3.60. The number of ketones is 2. The first-order valence-corrected chi connectivity index (χ1v) is 7.49. The van der Waals surface area contributed by atoms with Gasteiger partial charge in [0.2, 0.25) is 0 Å². The number of nitrogens with zero attached hydrogens (tertiary/aromatic N) is 4. The fraction of sp³-hybridized carbons (Fsp3) is 0.294. The molecule has 23 heavy (non-hydrogen) atoms. The zero-order valence-electron chi connectivity index (χ0n) is 13.1. The van der Waals surface area contributed by atoms with Crippen LogP contribution in [0.2, 0.25) is 0 Å². The maximum atomic E-state index is 13.0. The van der Waals surface area contributed by atoms with E-state index in [4.69, 9.17) is 0 Å². The van der Waals surface area contributed by atoms with Crippen LogP contribution in [0, 0.1) is 5.92 Å². The van der Waals surface area contributed by atoms with Crippen molar-refractivity contribution in [3.05, 3.63) is 54.3 Å². The van der Waals surface area contributed by atoms with Gasteiger partial charge in [0.15, 0.2) is 11.6 Å². The molecule has 0 spiro atoms. The molecular formula is C17H18N4O2. The van der Waals surface area contributed by atoms with E-state index in [0.29, 0.717) is 11.3 Å². The summed E-state index contributed by atoms with van der Waals surface area (Å²) in [4.78, 5) is 31.1. The Kier molecular flexibility index (Phi) is 4.06. The van der Waals surface area contributed by atoms with Crippen LogP contribution in [-0.4, -0.2) is 45.3 Å². The molecule has 0 bridgehead atoms. The van der Waals surface area contributed by atoms with Crippen LogP contribution in [0.25, 0.3) is 5.69 Å². The minimum Gasteiger partial charge on any atom is -0.383 e. The second-order valence-corrected chi connectivity index (χ2v) is 5.83. The lowest BCUT2D eigenvalue weighted by molar-refractivity contribution is -0.116. The lowest BCUT2D eigenvalue weighted by Gasteiger charge is -2.13. The second-order valence-electron chi connectivity index (χ2n) is 5.83. The molecule has 0 aliphatic heterocycles. The predicted molar refractivity (Wildman–Crippen MR) is 85.2 cm³/mol. The van der Waals surface area contributed by atoms with Crippen molar-refractivity contribution in [2.45, 2.75) is 12.8 Å². The summed E-state index contributed by atoms with van der Waals surface area (Å²) in [5, 5.41) is 4.08. The second kappa shape index (κ2) is 6.16. The van der Waals surface area contributed by atoms with Gasteiger partial charge in [0.05, 0.1) is 11.3 Å². The molecule has 6 nitrogen and oxygen atoms in total. The van der Waals surface area contributed by atoms with Crippen LogP contribution in [-0.2, 0) is 4.79 Å². The van der Waals surface area contributed by atoms with Gasteiger partial charge in [-0.15, -0.1) is 0 Å². The summed E-state index contributed by atoms with van der Waals surface area (Å²) in [6.07, 6.45) is 6.28. The van der Waals surface area contributed by atoms with Crippen molar-refractivity contribution < 1.29 is 9.59 Å². The summed E-state index contributed by atoms with van der Waals surface area (Å²) >= 11 is 0. The third-order valence-electron chi connectivity index (χ3n) is 3.66. The van der Waals surface area contributed by atoms with Gasteiger partial charge >= 0.3 is 0 Å². The van der Waals surface area contributed by atoms with Crippen LogP contribution < -0.4 is 0 Å². The van der Waals surface area contributed by atoms with Crippen LogP contribution in [0.5, 0.6) is 0 Å². The summed E-state index contributed by atoms with van der Waals surface area (Å²) < 4.78 is 1.53. The highest BCUT2D eigenvalue weighted by molar-refractivity contribution is 6.28. The number of carbonyl (C=O) groups is 2. The molecule has 0 N–H and O–H groups in total. The number of para-hydroxylation sites is 1. The number of hydrogen-bond donors (Lipinski definition) is 0. The summed E-state index contributed by atoms with van der Waals surface area (Å²) in [6.45, 7) is 0. The lowest BCUT2D eigenvalue weighted by Crippen LogP contribution is -2.20. The van der Waals surface area contributed by atoms with Crippen LogP contribution in [0.4, 0.5) is 0 Å². The molecule has 1 aliphatic carbocycles. The first kappa shape index (κ1) is 15.1. The van der Waals surface area contributed by atoms with Gasteiger partial charge in [-0.2, -0.15) is 5.10 Å². The van der Waals surface area contributed by atoms with Gasteiger partial charge in [0.25, 0.3) is 0 Å². The van der Waals surface area contributed by atoms with E-state index in [-0.39, 0.29) is 23.1 Å². The fourth-order valence-corrected chi connectivity index (χ4v) is 2.40. The molecule has 1 aliphatic rings.